The predicted octanol–water partition coefficient (Wildman–Crippen LogP) is 3.89. The summed E-state index contributed by atoms with van der Waals surface area (Å²) in [6, 6.07) is 46.7. The predicted molar refractivity (Wildman–Crippen MR) is 144 cm³/mol. The number of benzene rings is 4. The fourth-order valence-corrected chi connectivity index (χ4v) is 16.4. The molecule has 1 aromatic heterocycles. The Morgan fingerprint density at radius 2 is 1.09 bits per heavy atom. The molecule has 0 unspecified atom stereocenters. The lowest BCUT2D eigenvalue weighted by Crippen LogP contribution is -3.61. The molecule has 0 radical (unpaired) electrons. The highest BCUT2D eigenvalue weighted by Crippen LogP contribution is 2.61. The molecule has 0 aliphatic heterocycles. The molecule has 1 nitrogen and oxygen atoms in total. The summed E-state index contributed by atoms with van der Waals surface area (Å²) in [7, 11) is -2.31. The molecule has 0 atom stereocenters. The van der Waals surface area contributed by atoms with E-state index in [4.69, 9.17) is 0 Å². The van der Waals surface area contributed by atoms with E-state index in [1.807, 2.05) is 30.3 Å². The second kappa shape index (κ2) is 10.7. The summed E-state index contributed by atoms with van der Waals surface area (Å²) in [5, 5.41) is 16.7. The molecule has 0 amide bonds. The van der Waals surface area contributed by atoms with E-state index in [1.165, 1.54) is 22.1 Å². The highest BCUT2D eigenvalue weighted by molar-refractivity contribution is 8.01. The van der Waals surface area contributed by atoms with E-state index in [-0.39, 0.29) is 0 Å². The Labute approximate surface area is 216 Å². The minimum atomic E-state index is -2.31. The van der Waals surface area contributed by atoms with Crippen LogP contribution in [0.15, 0.2) is 142 Å². The van der Waals surface area contributed by atoms with Crippen LogP contribution in [0.5, 0.6) is 0 Å². The second-order valence-electron chi connectivity index (χ2n) is 7.69. The van der Waals surface area contributed by atoms with Crippen molar-refractivity contribution in [3.63, 3.8) is 0 Å². The SMILES string of the molecule is O/C(=C(/[I+]c1ccccc1)[P+](c1ccccc1)(c1ccccc1)c1cccs1)c1ccccc1. The Balaban J connectivity index is 1.90. The zero-order valence-electron chi connectivity index (χ0n) is 18.5. The number of hydrogen-bond donors (Lipinski definition) is 1. The molecule has 0 saturated carbocycles. The molecule has 34 heavy (non-hydrogen) atoms. The molecular formula is C30H24IOPS+2. The van der Waals surface area contributed by atoms with Crippen LogP contribution in [0, 0.1) is 3.57 Å². The zero-order valence-corrected chi connectivity index (χ0v) is 22.3. The Hall–Kier alpha value is -2.72. The van der Waals surface area contributed by atoms with Crippen LogP contribution < -0.4 is 36.4 Å². The third-order valence-electron chi connectivity index (χ3n) is 5.59. The van der Waals surface area contributed by atoms with Crippen LogP contribution in [0.25, 0.3) is 5.76 Å². The number of aliphatic hydroxyl groups excluding tert-OH is 1. The average Bonchev–Trinajstić information content (AvgIpc) is 3.46. The molecule has 0 aliphatic carbocycles. The van der Waals surface area contributed by atoms with Gasteiger partial charge in [0.05, 0.1) is 0 Å². The normalized spacial score (nSPS) is 12.2. The first-order valence-electron chi connectivity index (χ1n) is 11.0. The minimum Gasteiger partial charge on any atom is -0.501 e. The van der Waals surface area contributed by atoms with Crippen molar-refractivity contribution in [2.75, 3.05) is 0 Å². The van der Waals surface area contributed by atoms with Gasteiger partial charge in [-0.15, -0.1) is 11.3 Å². The third-order valence-corrected chi connectivity index (χ3v) is 16.3. The van der Waals surface area contributed by atoms with E-state index in [2.05, 4.69) is 109 Å². The minimum absolute atomic E-state index is 0.423. The summed E-state index contributed by atoms with van der Waals surface area (Å²) in [5.41, 5.74) is 0.876. The summed E-state index contributed by atoms with van der Waals surface area (Å²) in [5.74, 6) is 0.423. The van der Waals surface area contributed by atoms with Gasteiger partial charge in [-0.05, 0) is 53.9 Å². The molecule has 166 valence electrons. The summed E-state index contributed by atoms with van der Waals surface area (Å²) in [6.45, 7) is 0. The van der Waals surface area contributed by atoms with Crippen molar-refractivity contribution in [3.05, 3.63) is 151 Å². The highest BCUT2D eigenvalue weighted by atomic mass is 127. The van der Waals surface area contributed by atoms with Crippen molar-refractivity contribution in [2.45, 2.75) is 0 Å². The third kappa shape index (κ3) is 4.48. The monoisotopic (exact) mass is 590 g/mol. The topological polar surface area (TPSA) is 20.2 Å². The molecule has 0 saturated heterocycles. The van der Waals surface area contributed by atoms with E-state index in [0.29, 0.717) is 5.76 Å². The number of hydrogen-bond acceptors (Lipinski definition) is 2. The van der Waals surface area contributed by atoms with Crippen LogP contribution in [0.2, 0.25) is 0 Å². The van der Waals surface area contributed by atoms with Gasteiger partial charge in [-0.1, -0.05) is 84.9 Å². The largest absolute Gasteiger partial charge is 0.501 e. The number of aliphatic hydroxyl groups is 1. The molecule has 0 aliphatic rings. The van der Waals surface area contributed by atoms with Gasteiger partial charge in [-0.3, -0.25) is 0 Å². The van der Waals surface area contributed by atoms with Crippen LogP contribution in [-0.4, -0.2) is 5.11 Å². The van der Waals surface area contributed by atoms with Crippen molar-refractivity contribution in [1.29, 1.82) is 0 Å². The lowest BCUT2D eigenvalue weighted by atomic mass is 10.2. The molecule has 1 N–H and O–H groups in total. The van der Waals surface area contributed by atoms with Gasteiger partial charge in [0.1, 0.15) is 10.6 Å². The molecule has 4 heteroatoms. The van der Waals surface area contributed by atoms with Crippen molar-refractivity contribution in [2.24, 2.45) is 0 Å². The summed E-state index contributed by atoms with van der Waals surface area (Å²) in [6.07, 6.45) is 0. The Morgan fingerprint density at radius 1 is 0.588 bits per heavy atom. The van der Waals surface area contributed by atoms with Crippen LogP contribution in [0.4, 0.5) is 0 Å². The second-order valence-corrected chi connectivity index (χ2v) is 16.0. The van der Waals surface area contributed by atoms with E-state index in [1.54, 1.807) is 11.3 Å². The summed E-state index contributed by atoms with van der Waals surface area (Å²) in [4.78, 5) is 0. The fourth-order valence-electron chi connectivity index (χ4n) is 4.05. The van der Waals surface area contributed by atoms with Crippen molar-refractivity contribution < 1.29 is 26.3 Å². The number of thiophene rings is 1. The molecular weight excluding hydrogens is 566 g/mol. The molecule has 1 heterocycles. The van der Waals surface area contributed by atoms with Gasteiger partial charge in [0, 0.05) is 5.56 Å². The summed E-state index contributed by atoms with van der Waals surface area (Å²) < 4.78 is 3.80. The van der Waals surface area contributed by atoms with Gasteiger partial charge in [0.2, 0.25) is 13.0 Å². The zero-order chi connectivity index (χ0) is 23.2. The molecule has 5 aromatic rings. The van der Waals surface area contributed by atoms with E-state index >= 15 is 0 Å². The lowest BCUT2D eigenvalue weighted by Gasteiger charge is -2.23. The Morgan fingerprint density at radius 3 is 1.59 bits per heavy atom. The molecule has 0 bridgehead atoms. The van der Waals surface area contributed by atoms with E-state index in [0.717, 1.165) is 5.56 Å². The van der Waals surface area contributed by atoms with Crippen molar-refractivity contribution >= 4 is 39.6 Å². The number of rotatable bonds is 7. The quantitative estimate of drug-likeness (QED) is 0.173. The maximum Gasteiger partial charge on any atom is 0.404 e. The first-order valence-corrected chi connectivity index (χ1v) is 15.9. The highest BCUT2D eigenvalue weighted by Gasteiger charge is 2.60. The van der Waals surface area contributed by atoms with Crippen LogP contribution in [0.3, 0.4) is 0 Å². The van der Waals surface area contributed by atoms with Gasteiger partial charge in [0.25, 0.3) is 0 Å². The molecule has 5 rings (SSSR count). The maximum absolute atomic E-state index is 12.0. The van der Waals surface area contributed by atoms with Crippen LogP contribution in [-0.2, 0) is 0 Å². The first kappa shape index (κ1) is 23.0. The van der Waals surface area contributed by atoms with Gasteiger partial charge in [0.15, 0.2) is 8.19 Å². The van der Waals surface area contributed by atoms with Gasteiger partial charge in [-0.25, -0.2) is 0 Å². The van der Waals surface area contributed by atoms with E-state index in [9.17, 15) is 5.11 Å². The van der Waals surface area contributed by atoms with Crippen LogP contribution >= 0.6 is 18.6 Å². The Bertz CT molecular complexity index is 1310. The van der Waals surface area contributed by atoms with E-state index < -0.39 is 28.5 Å². The number of halogens is 1. The summed E-state index contributed by atoms with van der Waals surface area (Å²) >= 11 is 1.13. The molecule has 4 aromatic carbocycles. The smallest absolute Gasteiger partial charge is 0.404 e. The van der Waals surface area contributed by atoms with Crippen molar-refractivity contribution in [1.82, 2.24) is 0 Å². The average molecular weight is 590 g/mol. The maximum atomic E-state index is 12.0. The van der Waals surface area contributed by atoms with Gasteiger partial charge in [-0.2, -0.15) is 0 Å². The Kier molecular flexibility index (Phi) is 7.24. The molecule has 0 spiro atoms. The van der Waals surface area contributed by atoms with Gasteiger partial charge < -0.3 is 5.11 Å². The van der Waals surface area contributed by atoms with Crippen LogP contribution in [0.1, 0.15) is 5.56 Å². The van der Waals surface area contributed by atoms with Gasteiger partial charge >= 0.3 is 24.5 Å². The lowest BCUT2D eigenvalue weighted by molar-refractivity contribution is -0.565. The fraction of sp³-hybridized carbons (Fsp3) is 0. The first-order chi connectivity index (χ1) is 16.8. The van der Waals surface area contributed by atoms with Crippen molar-refractivity contribution in [3.8, 4) is 0 Å². The molecule has 0 fully saturated rings. The standard InChI is InChI=1S/C30H23IOPS/c32-29(24-14-5-1-6-15-24)30(31-25-16-7-2-8-17-25)33(28-22-13-23-34-28,26-18-9-3-10-19-26)27-20-11-4-12-21-27/h1-23H/q+1/p+1/b30-29-.